The number of aromatic nitrogens is 2. The Labute approximate surface area is 103 Å². The Bertz CT molecular complexity index is 359. The molecule has 1 unspecified atom stereocenters. The van der Waals surface area contributed by atoms with Gasteiger partial charge in [-0.15, -0.1) is 0 Å². The lowest BCUT2D eigenvalue weighted by Gasteiger charge is -2.19. The number of nitrogens with zero attached hydrogens (tertiary/aromatic N) is 2. The Balaban J connectivity index is 1.61. The first-order chi connectivity index (χ1) is 8.05. The molecule has 2 heterocycles. The maximum absolute atomic E-state index is 5.92. The second kappa shape index (κ2) is 5.19. The summed E-state index contributed by atoms with van der Waals surface area (Å²) in [5.74, 6) is 0. The molecule has 4 heteroatoms. The van der Waals surface area contributed by atoms with Gasteiger partial charge in [-0.05, 0) is 39.2 Å². The van der Waals surface area contributed by atoms with Crippen LogP contribution in [0.4, 0.5) is 0 Å². The van der Waals surface area contributed by atoms with Crippen LogP contribution in [0, 0.1) is 6.92 Å². The van der Waals surface area contributed by atoms with E-state index in [1.165, 1.54) is 12.0 Å². The molecule has 1 saturated heterocycles. The van der Waals surface area contributed by atoms with Crippen molar-refractivity contribution in [1.82, 2.24) is 15.1 Å². The Hall–Kier alpha value is -0.870. The number of ether oxygens (including phenoxy) is 1. The van der Waals surface area contributed by atoms with Crippen molar-refractivity contribution in [1.29, 1.82) is 0 Å². The van der Waals surface area contributed by atoms with Crippen LogP contribution in [0.5, 0.6) is 0 Å². The molecule has 1 aliphatic heterocycles. The maximum atomic E-state index is 5.92. The number of aryl methyl sites for hydroxylation is 1. The average Bonchev–Trinajstić information content (AvgIpc) is 2.80. The molecule has 2 rings (SSSR count). The van der Waals surface area contributed by atoms with Gasteiger partial charge < -0.3 is 10.1 Å². The van der Waals surface area contributed by atoms with Gasteiger partial charge in [0.05, 0.1) is 24.4 Å². The largest absolute Gasteiger partial charge is 0.371 e. The normalized spacial score (nSPS) is 23.1. The molecule has 0 amide bonds. The van der Waals surface area contributed by atoms with Crippen LogP contribution in [0.15, 0.2) is 12.4 Å². The van der Waals surface area contributed by atoms with E-state index in [0.29, 0.717) is 6.10 Å². The summed E-state index contributed by atoms with van der Waals surface area (Å²) in [6.07, 6.45) is 6.67. The zero-order valence-corrected chi connectivity index (χ0v) is 11.1. The molecule has 1 atom stereocenters. The van der Waals surface area contributed by atoms with Gasteiger partial charge in [-0.3, -0.25) is 4.68 Å². The van der Waals surface area contributed by atoms with Crippen LogP contribution in [0.1, 0.15) is 32.3 Å². The van der Waals surface area contributed by atoms with Gasteiger partial charge in [-0.1, -0.05) is 0 Å². The van der Waals surface area contributed by atoms with E-state index in [1.54, 1.807) is 0 Å². The van der Waals surface area contributed by atoms with Gasteiger partial charge in [0.25, 0.3) is 0 Å². The molecule has 0 saturated carbocycles. The summed E-state index contributed by atoms with van der Waals surface area (Å²) in [5.41, 5.74) is 1.29. The average molecular weight is 237 g/mol. The van der Waals surface area contributed by atoms with E-state index in [2.05, 4.69) is 37.4 Å². The summed E-state index contributed by atoms with van der Waals surface area (Å²) in [7, 11) is 0. The van der Waals surface area contributed by atoms with Crippen molar-refractivity contribution in [3.8, 4) is 0 Å². The van der Waals surface area contributed by atoms with Crippen LogP contribution >= 0.6 is 0 Å². The van der Waals surface area contributed by atoms with E-state index < -0.39 is 0 Å². The van der Waals surface area contributed by atoms with E-state index >= 15 is 0 Å². The lowest BCUT2D eigenvalue weighted by molar-refractivity contribution is -0.0141. The highest BCUT2D eigenvalue weighted by atomic mass is 16.5. The van der Waals surface area contributed by atoms with E-state index in [9.17, 15) is 0 Å². The molecular weight excluding hydrogens is 214 g/mol. The highest BCUT2D eigenvalue weighted by molar-refractivity contribution is 4.99. The van der Waals surface area contributed by atoms with E-state index in [0.717, 1.165) is 26.1 Å². The first-order valence-electron chi connectivity index (χ1n) is 6.43. The SMILES string of the molecule is Cc1cnn(CCNCC2CCC(C)(C)O2)c1. The van der Waals surface area contributed by atoms with Gasteiger partial charge in [0.2, 0.25) is 0 Å². The van der Waals surface area contributed by atoms with Crippen LogP contribution in [0.3, 0.4) is 0 Å². The summed E-state index contributed by atoms with van der Waals surface area (Å²) in [6, 6.07) is 0. The minimum Gasteiger partial charge on any atom is -0.371 e. The van der Waals surface area contributed by atoms with Crippen LogP contribution in [0.25, 0.3) is 0 Å². The summed E-state index contributed by atoms with van der Waals surface area (Å²) in [6.45, 7) is 9.21. The van der Waals surface area contributed by atoms with Gasteiger partial charge in [-0.25, -0.2) is 0 Å². The summed E-state index contributed by atoms with van der Waals surface area (Å²) >= 11 is 0. The highest BCUT2D eigenvalue weighted by Gasteiger charge is 2.30. The zero-order valence-electron chi connectivity index (χ0n) is 11.1. The summed E-state index contributed by atoms with van der Waals surface area (Å²) < 4.78 is 7.89. The van der Waals surface area contributed by atoms with Crippen molar-refractivity contribution < 1.29 is 4.74 Å². The topological polar surface area (TPSA) is 39.1 Å². The van der Waals surface area contributed by atoms with Crippen molar-refractivity contribution in [2.75, 3.05) is 13.1 Å². The minimum absolute atomic E-state index is 0.0748. The lowest BCUT2D eigenvalue weighted by atomic mass is 10.1. The predicted octanol–water partition coefficient (Wildman–Crippen LogP) is 1.74. The third kappa shape index (κ3) is 3.82. The molecule has 1 aliphatic rings. The Morgan fingerprint density at radius 3 is 3.00 bits per heavy atom. The van der Waals surface area contributed by atoms with Crippen molar-refractivity contribution in [2.24, 2.45) is 0 Å². The summed E-state index contributed by atoms with van der Waals surface area (Å²) in [4.78, 5) is 0. The number of rotatable bonds is 5. The Kier molecular flexibility index (Phi) is 3.84. The van der Waals surface area contributed by atoms with E-state index in [1.807, 2.05) is 10.9 Å². The number of hydrogen-bond acceptors (Lipinski definition) is 3. The van der Waals surface area contributed by atoms with Crippen LogP contribution in [0.2, 0.25) is 0 Å². The highest BCUT2D eigenvalue weighted by Crippen LogP contribution is 2.28. The monoisotopic (exact) mass is 237 g/mol. The van der Waals surface area contributed by atoms with Crippen molar-refractivity contribution in [3.63, 3.8) is 0 Å². The summed E-state index contributed by atoms with van der Waals surface area (Å²) in [5, 5.41) is 7.69. The van der Waals surface area contributed by atoms with Crippen LogP contribution in [-0.2, 0) is 11.3 Å². The second-order valence-corrected chi connectivity index (χ2v) is 5.52. The molecule has 1 N–H and O–H groups in total. The van der Waals surface area contributed by atoms with Gasteiger partial charge in [0.15, 0.2) is 0 Å². The van der Waals surface area contributed by atoms with E-state index in [-0.39, 0.29) is 5.60 Å². The quantitative estimate of drug-likeness (QED) is 0.793. The fourth-order valence-electron chi connectivity index (χ4n) is 2.27. The van der Waals surface area contributed by atoms with Crippen LogP contribution < -0.4 is 5.32 Å². The molecular formula is C13H23N3O. The van der Waals surface area contributed by atoms with Gasteiger partial charge in [0.1, 0.15) is 0 Å². The molecule has 0 spiro atoms. The van der Waals surface area contributed by atoms with Crippen molar-refractivity contribution in [2.45, 2.75) is 51.9 Å². The molecule has 1 aromatic heterocycles. The number of hydrogen-bond donors (Lipinski definition) is 1. The third-order valence-electron chi connectivity index (χ3n) is 3.21. The fourth-order valence-corrected chi connectivity index (χ4v) is 2.27. The second-order valence-electron chi connectivity index (χ2n) is 5.52. The molecule has 0 aromatic carbocycles. The van der Waals surface area contributed by atoms with Gasteiger partial charge in [-0.2, -0.15) is 5.10 Å². The molecule has 96 valence electrons. The molecule has 4 nitrogen and oxygen atoms in total. The molecule has 17 heavy (non-hydrogen) atoms. The third-order valence-corrected chi connectivity index (χ3v) is 3.21. The first kappa shape index (κ1) is 12.6. The van der Waals surface area contributed by atoms with Crippen molar-refractivity contribution in [3.05, 3.63) is 18.0 Å². The Morgan fingerprint density at radius 1 is 1.59 bits per heavy atom. The molecule has 0 bridgehead atoms. The van der Waals surface area contributed by atoms with Gasteiger partial charge in [0, 0.05) is 19.3 Å². The lowest BCUT2D eigenvalue weighted by Crippen LogP contribution is -2.31. The zero-order chi connectivity index (χ0) is 12.3. The smallest absolute Gasteiger partial charge is 0.0707 e. The molecule has 1 aromatic rings. The fraction of sp³-hybridized carbons (Fsp3) is 0.769. The number of nitrogens with one attached hydrogen (secondary N) is 1. The molecule has 0 radical (unpaired) electrons. The van der Waals surface area contributed by atoms with Gasteiger partial charge >= 0.3 is 0 Å². The predicted molar refractivity (Wildman–Crippen MR) is 68.0 cm³/mol. The van der Waals surface area contributed by atoms with E-state index in [4.69, 9.17) is 4.74 Å². The van der Waals surface area contributed by atoms with Crippen molar-refractivity contribution >= 4 is 0 Å². The minimum atomic E-state index is 0.0748. The molecule has 0 aliphatic carbocycles. The maximum Gasteiger partial charge on any atom is 0.0707 e. The first-order valence-corrected chi connectivity index (χ1v) is 6.43. The molecule has 1 fully saturated rings. The Morgan fingerprint density at radius 2 is 2.41 bits per heavy atom. The standard InChI is InChI=1S/C13H23N3O/c1-11-8-15-16(10-11)7-6-14-9-12-4-5-13(2,3)17-12/h8,10,12,14H,4-7,9H2,1-3H3. The van der Waals surface area contributed by atoms with Crippen LogP contribution in [-0.4, -0.2) is 34.6 Å².